The first-order valence-electron chi connectivity index (χ1n) is 6.16. The van der Waals surface area contributed by atoms with Crippen molar-refractivity contribution >= 4 is 17.8 Å². The molecule has 18 heavy (non-hydrogen) atoms. The highest BCUT2D eigenvalue weighted by Crippen LogP contribution is 2.31. The number of halogens is 1. The Morgan fingerprint density at radius 2 is 1.78 bits per heavy atom. The van der Waals surface area contributed by atoms with Crippen LogP contribution in [0.3, 0.4) is 0 Å². The maximum atomic E-state index is 7.53. The molecule has 1 saturated heterocycles. The molecule has 2 unspecified atom stereocenters. The van der Waals surface area contributed by atoms with E-state index in [2.05, 4.69) is 0 Å². The number of hydrogen-bond donors (Lipinski definition) is 1. The second kappa shape index (κ2) is 5.39. The monoisotopic (exact) mass is 267 g/mol. The molecule has 0 radical (unpaired) electrons. The van der Waals surface area contributed by atoms with Gasteiger partial charge in [0.05, 0.1) is 18.4 Å². The van der Waals surface area contributed by atoms with Gasteiger partial charge in [-0.3, -0.25) is 0 Å². The van der Waals surface area contributed by atoms with Gasteiger partial charge in [-0.15, -0.1) is 0 Å². The summed E-state index contributed by atoms with van der Waals surface area (Å²) in [7, 11) is 0. The van der Waals surface area contributed by atoms with Crippen LogP contribution in [0.2, 0.25) is 5.02 Å². The summed E-state index contributed by atoms with van der Waals surface area (Å²) in [6.45, 7) is 3.94. The van der Waals surface area contributed by atoms with E-state index in [0.29, 0.717) is 6.42 Å². The van der Waals surface area contributed by atoms with Crippen LogP contribution in [0.1, 0.15) is 25.8 Å². The highest BCUT2D eigenvalue weighted by Gasteiger charge is 2.42. The van der Waals surface area contributed by atoms with E-state index in [1.807, 2.05) is 38.1 Å². The van der Waals surface area contributed by atoms with Crippen LogP contribution in [0.15, 0.2) is 24.3 Å². The van der Waals surface area contributed by atoms with Crippen molar-refractivity contribution in [2.24, 2.45) is 0 Å². The lowest BCUT2D eigenvalue weighted by molar-refractivity contribution is -0.117. The Morgan fingerprint density at radius 1 is 1.22 bits per heavy atom. The fourth-order valence-corrected chi connectivity index (χ4v) is 2.20. The Balaban J connectivity index is 2.00. The quantitative estimate of drug-likeness (QED) is 0.849. The first-order chi connectivity index (χ1) is 8.54. The van der Waals surface area contributed by atoms with Crippen LogP contribution < -0.4 is 0 Å². The van der Waals surface area contributed by atoms with Gasteiger partial charge in [0.1, 0.15) is 0 Å². The molecule has 0 bridgehead atoms. The van der Waals surface area contributed by atoms with Crippen LogP contribution in [-0.2, 0) is 15.9 Å². The van der Waals surface area contributed by atoms with Crippen molar-refractivity contribution in [3.63, 3.8) is 0 Å². The predicted octanol–water partition coefficient (Wildman–Crippen LogP) is 3.44. The largest absolute Gasteiger partial charge is 0.339 e. The van der Waals surface area contributed by atoms with Crippen LogP contribution >= 0.6 is 11.6 Å². The summed E-state index contributed by atoms with van der Waals surface area (Å²) in [6, 6.07) is 7.72. The minimum Gasteiger partial charge on any atom is -0.339 e. The Kier molecular flexibility index (Phi) is 4.05. The fourth-order valence-electron chi connectivity index (χ4n) is 2.08. The topological polar surface area (TPSA) is 42.3 Å². The van der Waals surface area contributed by atoms with Gasteiger partial charge in [-0.1, -0.05) is 23.7 Å². The van der Waals surface area contributed by atoms with E-state index in [9.17, 15) is 0 Å². The Labute approximate surface area is 113 Å². The van der Waals surface area contributed by atoms with Gasteiger partial charge in [0.25, 0.3) is 0 Å². The second-order valence-electron chi connectivity index (χ2n) is 4.73. The predicted molar refractivity (Wildman–Crippen MR) is 72.4 cm³/mol. The molecule has 1 heterocycles. The summed E-state index contributed by atoms with van der Waals surface area (Å²) in [4.78, 5) is 0. The third-order valence-corrected chi connectivity index (χ3v) is 3.58. The molecular weight excluding hydrogens is 250 g/mol. The zero-order valence-electron chi connectivity index (χ0n) is 10.7. The standard InChI is InChI=1S/C14H18ClNO2/c1-10-11(2)18-14(9-16,17-10)8-7-12-3-5-13(15)6-4-12/h3-6,9-11,16H,7-8H2,1-2H3. The van der Waals surface area contributed by atoms with E-state index < -0.39 is 5.79 Å². The van der Waals surface area contributed by atoms with Crippen LogP contribution in [-0.4, -0.2) is 24.2 Å². The van der Waals surface area contributed by atoms with Gasteiger partial charge in [-0.2, -0.15) is 0 Å². The van der Waals surface area contributed by atoms with Crippen molar-refractivity contribution < 1.29 is 9.47 Å². The van der Waals surface area contributed by atoms with Crippen molar-refractivity contribution in [3.05, 3.63) is 34.9 Å². The molecule has 3 nitrogen and oxygen atoms in total. The molecule has 4 heteroatoms. The Bertz CT molecular complexity index is 408. The van der Waals surface area contributed by atoms with E-state index in [-0.39, 0.29) is 12.2 Å². The lowest BCUT2D eigenvalue weighted by Crippen LogP contribution is -2.33. The molecule has 1 N–H and O–H groups in total. The van der Waals surface area contributed by atoms with Crippen LogP contribution in [0, 0.1) is 5.41 Å². The minimum atomic E-state index is -0.863. The first kappa shape index (κ1) is 13.5. The van der Waals surface area contributed by atoms with Crippen molar-refractivity contribution in [1.29, 1.82) is 5.41 Å². The molecule has 2 atom stereocenters. The summed E-state index contributed by atoms with van der Waals surface area (Å²) in [5, 5.41) is 8.26. The van der Waals surface area contributed by atoms with E-state index in [1.165, 1.54) is 11.8 Å². The van der Waals surface area contributed by atoms with Gasteiger partial charge in [0, 0.05) is 11.4 Å². The molecule has 1 aromatic carbocycles. The lowest BCUT2D eigenvalue weighted by Gasteiger charge is -2.23. The van der Waals surface area contributed by atoms with Crippen molar-refractivity contribution in [2.75, 3.05) is 0 Å². The number of nitrogens with one attached hydrogen (secondary N) is 1. The highest BCUT2D eigenvalue weighted by molar-refractivity contribution is 6.30. The van der Waals surface area contributed by atoms with Crippen LogP contribution in [0.25, 0.3) is 0 Å². The molecule has 98 valence electrons. The van der Waals surface area contributed by atoms with Gasteiger partial charge in [-0.25, -0.2) is 0 Å². The molecule has 0 saturated carbocycles. The fraction of sp³-hybridized carbons (Fsp3) is 0.500. The number of rotatable bonds is 4. The maximum absolute atomic E-state index is 7.53. The number of hydrogen-bond acceptors (Lipinski definition) is 3. The Hall–Kier alpha value is -0.900. The lowest BCUT2D eigenvalue weighted by atomic mass is 10.1. The zero-order valence-corrected chi connectivity index (χ0v) is 11.4. The van der Waals surface area contributed by atoms with Gasteiger partial charge >= 0.3 is 0 Å². The molecule has 1 aromatic rings. The smallest absolute Gasteiger partial charge is 0.205 e. The van der Waals surface area contributed by atoms with E-state index >= 15 is 0 Å². The summed E-state index contributed by atoms with van der Waals surface area (Å²) < 4.78 is 11.5. The van der Waals surface area contributed by atoms with Crippen LogP contribution in [0.4, 0.5) is 0 Å². The molecule has 1 aliphatic heterocycles. The summed E-state index contributed by atoms with van der Waals surface area (Å²) in [5.41, 5.74) is 1.17. The SMILES string of the molecule is CC1OC(C=N)(CCc2ccc(Cl)cc2)OC1C. The third-order valence-electron chi connectivity index (χ3n) is 3.33. The van der Waals surface area contributed by atoms with E-state index in [1.54, 1.807) is 0 Å². The molecule has 0 spiro atoms. The average molecular weight is 268 g/mol. The average Bonchev–Trinajstić information content (AvgIpc) is 2.65. The molecule has 0 aromatic heterocycles. The molecular formula is C14H18ClNO2. The third kappa shape index (κ3) is 2.91. The van der Waals surface area contributed by atoms with Gasteiger partial charge in [0.15, 0.2) is 0 Å². The molecule has 1 aliphatic rings. The van der Waals surface area contributed by atoms with Crippen molar-refractivity contribution in [1.82, 2.24) is 0 Å². The minimum absolute atomic E-state index is 0.0248. The highest BCUT2D eigenvalue weighted by atomic mass is 35.5. The Morgan fingerprint density at radius 3 is 2.28 bits per heavy atom. The number of benzene rings is 1. The van der Waals surface area contributed by atoms with Gasteiger partial charge in [-0.05, 0) is 38.0 Å². The number of aryl methyl sites for hydroxylation is 1. The van der Waals surface area contributed by atoms with E-state index in [0.717, 1.165) is 11.4 Å². The van der Waals surface area contributed by atoms with Gasteiger partial charge in [0.2, 0.25) is 5.79 Å². The molecule has 2 rings (SSSR count). The van der Waals surface area contributed by atoms with Crippen LogP contribution in [0.5, 0.6) is 0 Å². The second-order valence-corrected chi connectivity index (χ2v) is 5.17. The van der Waals surface area contributed by atoms with E-state index in [4.69, 9.17) is 26.5 Å². The zero-order chi connectivity index (χ0) is 13.2. The number of ether oxygens (including phenoxy) is 2. The summed E-state index contributed by atoms with van der Waals surface area (Å²) in [6.07, 6.45) is 2.76. The van der Waals surface area contributed by atoms with Crippen molar-refractivity contribution in [3.8, 4) is 0 Å². The van der Waals surface area contributed by atoms with Gasteiger partial charge < -0.3 is 14.9 Å². The van der Waals surface area contributed by atoms with Crippen molar-refractivity contribution in [2.45, 2.75) is 44.7 Å². The molecule has 0 aliphatic carbocycles. The molecule has 1 fully saturated rings. The first-order valence-corrected chi connectivity index (χ1v) is 6.54. The summed E-state index contributed by atoms with van der Waals surface area (Å²) in [5.74, 6) is -0.863. The normalized spacial score (nSPS) is 31.5. The summed E-state index contributed by atoms with van der Waals surface area (Å²) >= 11 is 5.85. The molecule has 0 amide bonds. The maximum Gasteiger partial charge on any atom is 0.205 e.